The highest BCUT2D eigenvalue weighted by Gasteiger charge is 2.24. The van der Waals surface area contributed by atoms with Crippen molar-refractivity contribution >= 4 is 33.3 Å². The zero-order valence-corrected chi connectivity index (χ0v) is 12.6. The van der Waals surface area contributed by atoms with E-state index in [2.05, 4.69) is 9.97 Å². The summed E-state index contributed by atoms with van der Waals surface area (Å²) in [6.07, 6.45) is 9.41. The summed E-state index contributed by atoms with van der Waals surface area (Å²) in [5.74, 6) is 0.570. The molecule has 0 saturated carbocycles. The minimum absolute atomic E-state index is 0.0373. The van der Waals surface area contributed by atoms with Gasteiger partial charge in [0.25, 0.3) is 0 Å². The van der Waals surface area contributed by atoms with Crippen molar-refractivity contribution in [1.29, 1.82) is 0 Å². The molecule has 3 rings (SSSR count). The highest BCUT2D eigenvalue weighted by atomic mass is 32.1. The van der Waals surface area contributed by atoms with E-state index in [4.69, 9.17) is 5.73 Å². The lowest BCUT2D eigenvalue weighted by atomic mass is 10.0. The van der Waals surface area contributed by atoms with Gasteiger partial charge in [-0.25, -0.2) is 9.97 Å². The number of thiophene rings is 1. The van der Waals surface area contributed by atoms with Crippen LogP contribution < -0.4 is 5.73 Å². The highest BCUT2D eigenvalue weighted by molar-refractivity contribution is 7.19. The van der Waals surface area contributed by atoms with E-state index in [1.807, 2.05) is 24.0 Å². The van der Waals surface area contributed by atoms with Crippen LogP contribution in [0, 0.1) is 0 Å². The monoisotopic (exact) mass is 300 g/mol. The Labute approximate surface area is 126 Å². The Morgan fingerprint density at radius 3 is 3.10 bits per heavy atom. The third-order valence-electron chi connectivity index (χ3n) is 3.52. The van der Waals surface area contributed by atoms with Gasteiger partial charge in [-0.15, -0.1) is 11.3 Å². The molecule has 0 bridgehead atoms. The molecule has 0 spiro atoms. The maximum absolute atomic E-state index is 12.1. The molecule has 0 aliphatic carbocycles. The third-order valence-corrected chi connectivity index (χ3v) is 4.65. The van der Waals surface area contributed by atoms with Crippen molar-refractivity contribution in [2.75, 3.05) is 12.3 Å². The molecule has 0 saturated heterocycles. The Morgan fingerprint density at radius 2 is 2.29 bits per heavy atom. The molecule has 3 heterocycles. The second-order valence-electron chi connectivity index (χ2n) is 4.84. The van der Waals surface area contributed by atoms with Crippen LogP contribution in [-0.4, -0.2) is 27.3 Å². The number of carbonyl (C=O) groups excluding carboxylic acids is 1. The van der Waals surface area contributed by atoms with Gasteiger partial charge in [0.1, 0.15) is 17.0 Å². The summed E-state index contributed by atoms with van der Waals surface area (Å²) >= 11 is 1.60. The van der Waals surface area contributed by atoms with Crippen molar-refractivity contribution in [1.82, 2.24) is 14.9 Å². The number of fused-ring (bicyclic) bond motifs is 3. The van der Waals surface area contributed by atoms with Crippen LogP contribution in [0.2, 0.25) is 0 Å². The number of nitrogens with zero attached hydrogens (tertiary/aromatic N) is 3. The number of hydrogen-bond acceptors (Lipinski definition) is 5. The van der Waals surface area contributed by atoms with Gasteiger partial charge in [0.05, 0.1) is 11.9 Å². The van der Waals surface area contributed by atoms with Crippen LogP contribution in [0.1, 0.15) is 17.4 Å². The van der Waals surface area contributed by atoms with Crippen molar-refractivity contribution in [2.45, 2.75) is 19.9 Å². The van der Waals surface area contributed by atoms with Crippen LogP contribution in [0.3, 0.4) is 0 Å². The molecule has 6 heteroatoms. The van der Waals surface area contributed by atoms with Gasteiger partial charge < -0.3 is 10.6 Å². The molecule has 5 nitrogen and oxygen atoms in total. The number of amides is 1. The molecule has 0 aromatic carbocycles. The summed E-state index contributed by atoms with van der Waals surface area (Å²) in [6.45, 7) is 3.24. The zero-order valence-electron chi connectivity index (χ0n) is 11.7. The van der Waals surface area contributed by atoms with Crippen molar-refractivity contribution < 1.29 is 4.79 Å². The minimum Gasteiger partial charge on any atom is -0.383 e. The highest BCUT2D eigenvalue weighted by Crippen LogP contribution is 2.36. The molecule has 1 aliphatic heterocycles. The van der Waals surface area contributed by atoms with E-state index < -0.39 is 0 Å². The summed E-state index contributed by atoms with van der Waals surface area (Å²) in [6, 6.07) is 0. The number of hydrogen-bond donors (Lipinski definition) is 1. The van der Waals surface area contributed by atoms with Crippen molar-refractivity contribution in [2.24, 2.45) is 0 Å². The van der Waals surface area contributed by atoms with Crippen LogP contribution in [0.25, 0.3) is 10.2 Å². The molecule has 21 heavy (non-hydrogen) atoms. The van der Waals surface area contributed by atoms with Gasteiger partial charge in [0, 0.05) is 17.5 Å². The number of nitrogen functional groups attached to an aromatic ring is 1. The zero-order chi connectivity index (χ0) is 14.8. The maximum Gasteiger partial charge on any atom is 0.246 e. The Bertz CT molecular complexity index is 747. The van der Waals surface area contributed by atoms with E-state index >= 15 is 0 Å². The molecule has 0 atom stereocenters. The summed E-state index contributed by atoms with van der Waals surface area (Å²) < 4.78 is 0. The van der Waals surface area contributed by atoms with Crippen LogP contribution >= 0.6 is 11.3 Å². The molecular weight excluding hydrogens is 284 g/mol. The quantitative estimate of drug-likeness (QED) is 0.682. The number of aromatic nitrogens is 2. The Hall–Kier alpha value is -2.21. The maximum atomic E-state index is 12.1. The number of rotatable bonds is 2. The molecule has 108 valence electrons. The second-order valence-corrected chi connectivity index (χ2v) is 5.92. The van der Waals surface area contributed by atoms with Gasteiger partial charge in [-0.05, 0) is 18.9 Å². The van der Waals surface area contributed by atoms with Gasteiger partial charge in [0.2, 0.25) is 5.91 Å². The van der Waals surface area contributed by atoms with Crippen molar-refractivity contribution in [3.63, 3.8) is 0 Å². The number of allylic oxidation sites excluding steroid dienone is 3. The summed E-state index contributed by atoms with van der Waals surface area (Å²) in [4.78, 5) is 24.4. The SMILES string of the molecule is CC=CC=CC(=O)N1CCc2c(sc3ncnc(N)c23)C1. The summed E-state index contributed by atoms with van der Waals surface area (Å²) in [5.41, 5.74) is 7.16. The average molecular weight is 300 g/mol. The first-order valence-electron chi connectivity index (χ1n) is 6.79. The van der Waals surface area contributed by atoms with Gasteiger partial charge in [-0.3, -0.25) is 4.79 Å². The van der Waals surface area contributed by atoms with E-state index in [9.17, 15) is 4.79 Å². The van der Waals surface area contributed by atoms with Gasteiger partial charge in [-0.2, -0.15) is 0 Å². The fourth-order valence-corrected chi connectivity index (χ4v) is 3.71. The van der Waals surface area contributed by atoms with Crippen LogP contribution in [0.4, 0.5) is 5.82 Å². The van der Waals surface area contributed by atoms with E-state index in [-0.39, 0.29) is 5.91 Å². The molecule has 2 aromatic rings. The molecule has 0 radical (unpaired) electrons. The van der Waals surface area contributed by atoms with Crippen LogP contribution in [0.5, 0.6) is 0 Å². The van der Waals surface area contributed by atoms with Gasteiger partial charge in [0.15, 0.2) is 0 Å². The smallest absolute Gasteiger partial charge is 0.246 e. The van der Waals surface area contributed by atoms with Crippen LogP contribution in [-0.2, 0) is 17.8 Å². The first kappa shape index (κ1) is 13.8. The van der Waals surface area contributed by atoms with Gasteiger partial charge in [-0.1, -0.05) is 18.2 Å². The molecule has 2 aromatic heterocycles. The molecule has 1 amide bonds. The average Bonchev–Trinajstić information content (AvgIpc) is 2.86. The lowest BCUT2D eigenvalue weighted by Crippen LogP contribution is -2.34. The van der Waals surface area contributed by atoms with E-state index in [1.54, 1.807) is 23.5 Å². The first-order chi connectivity index (χ1) is 10.2. The van der Waals surface area contributed by atoms with E-state index in [1.165, 1.54) is 11.9 Å². The predicted octanol–water partition coefficient (Wildman–Crippen LogP) is 2.29. The normalized spacial score (nSPS) is 15.2. The molecule has 0 fully saturated rings. The van der Waals surface area contributed by atoms with E-state index in [0.717, 1.165) is 21.5 Å². The van der Waals surface area contributed by atoms with E-state index in [0.29, 0.717) is 18.9 Å². The molecule has 1 aliphatic rings. The molecule has 0 unspecified atom stereocenters. The second kappa shape index (κ2) is 5.65. The summed E-state index contributed by atoms with van der Waals surface area (Å²) in [5, 5.41) is 0.967. The first-order valence-corrected chi connectivity index (χ1v) is 7.61. The molecular formula is C15H16N4OS. The number of anilines is 1. The predicted molar refractivity (Wildman–Crippen MR) is 84.9 cm³/mol. The largest absolute Gasteiger partial charge is 0.383 e. The van der Waals surface area contributed by atoms with Gasteiger partial charge >= 0.3 is 0 Å². The lowest BCUT2D eigenvalue weighted by molar-refractivity contribution is -0.126. The Kier molecular flexibility index (Phi) is 3.70. The number of nitrogens with two attached hydrogens (primary N) is 1. The fourth-order valence-electron chi connectivity index (χ4n) is 2.49. The minimum atomic E-state index is 0.0373. The molecule has 2 N–H and O–H groups in total. The standard InChI is InChI=1S/C15H16N4OS/c1-2-3-4-5-12(20)19-7-6-10-11(8-19)21-15-13(10)14(16)17-9-18-15/h2-5,9H,6-8H2,1H3,(H2,16,17,18). The number of carbonyl (C=O) groups is 1. The Morgan fingerprint density at radius 1 is 1.43 bits per heavy atom. The summed E-state index contributed by atoms with van der Waals surface area (Å²) in [7, 11) is 0. The Balaban J connectivity index is 1.88. The van der Waals surface area contributed by atoms with Crippen LogP contribution in [0.15, 0.2) is 30.6 Å². The fraction of sp³-hybridized carbons (Fsp3) is 0.267. The third kappa shape index (κ3) is 2.54. The van der Waals surface area contributed by atoms with Crippen molar-refractivity contribution in [3.05, 3.63) is 41.1 Å². The lowest BCUT2D eigenvalue weighted by Gasteiger charge is -2.25. The topological polar surface area (TPSA) is 72.1 Å². The van der Waals surface area contributed by atoms with Crippen molar-refractivity contribution in [3.8, 4) is 0 Å².